The van der Waals surface area contributed by atoms with Crippen molar-refractivity contribution in [1.82, 2.24) is 8.75 Å². The Kier molecular flexibility index (Phi) is 3.43. The number of nitrogens with zero attached hydrogens (tertiary/aromatic N) is 2. The second kappa shape index (κ2) is 5.60. The summed E-state index contributed by atoms with van der Waals surface area (Å²) < 4.78 is 9.13. The second-order valence-corrected chi connectivity index (χ2v) is 6.39. The van der Waals surface area contributed by atoms with Crippen molar-refractivity contribution < 1.29 is 0 Å². The molecule has 0 unspecified atom stereocenters. The van der Waals surface area contributed by atoms with E-state index in [4.69, 9.17) is 0 Å². The van der Waals surface area contributed by atoms with Gasteiger partial charge >= 0.3 is 0 Å². The molecular weight excluding hydrogens is 300 g/mol. The summed E-state index contributed by atoms with van der Waals surface area (Å²) in [4.78, 5) is 0. The van der Waals surface area contributed by atoms with E-state index >= 15 is 0 Å². The number of aromatic nitrogens is 2. The third kappa shape index (κ3) is 2.53. The monoisotopic (exact) mass is 316 g/mol. The molecule has 3 heteroatoms. The lowest BCUT2D eigenvalue weighted by molar-refractivity contribution is 1.46. The highest BCUT2D eigenvalue weighted by atomic mass is 32.1. The number of aryl methyl sites for hydroxylation is 2. The molecule has 23 heavy (non-hydrogen) atoms. The van der Waals surface area contributed by atoms with Crippen LogP contribution in [0.4, 0.5) is 0 Å². The highest BCUT2D eigenvalue weighted by molar-refractivity contribution is 7.00. The zero-order valence-electron chi connectivity index (χ0n) is 13.1. The molecule has 0 aliphatic carbocycles. The fourth-order valence-corrected chi connectivity index (χ4v) is 3.53. The third-order valence-corrected chi connectivity index (χ3v) is 4.60. The molecule has 0 amide bonds. The topological polar surface area (TPSA) is 25.8 Å². The van der Waals surface area contributed by atoms with Gasteiger partial charge in [0, 0.05) is 11.1 Å². The maximum absolute atomic E-state index is 4.56. The molecule has 0 bridgehead atoms. The van der Waals surface area contributed by atoms with Gasteiger partial charge in [0.15, 0.2) is 0 Å². The Balaban J connectivity index is 1.95. The highest BCUT2D eigenvalue weighted by Crippen LogP contribution is 2.34. The van der Waals surface area contributed by atoms with Crippen LogP contribution in [0.3, 0.4) is 0 Å². The predicted octanol–water partition coefficient (Wildman–Crippen LogP) is 5.64. The second-order valence-electron chi connectivity index (χ2n) is 5.86. The molecule has 0 aliphatic heterocycles. The van der Waals surface area contributed by atoms with Gasteiger partial charge in [0.1, 0.15) is 11.0 Å². The number of hydrogen-bond donors (Lipinski definition) is 0. The molecule has 0 saturated carbocycles. The zero-order chi connectivity index (χ0) is 15.8. The molecule has 0 N–H and O–H groups in total. The fourth-order valence-electron chi connectivity index (χ4n) is 2.96. The Morgan fingerprint density at radius 2 is 1.13 bits per heavy atom. The molecule has 4 rings (SSSR count). The fraction of sp³-hybridized carbons (Fsp3) is 0.100. The van der Waals surface area contributed by atoms with Crippen LogP contribution in [0, 0.1) is 13.8 Å². The summed E-state index contributed by atoms with van der Waals surface area (Å²) in [5.74, 6) is 0. The van der Waals surface area contributed by atoms with Gasteiger partial charge in [-0.05, 0) is 25.0 Å². The van der Waals surface area contributed by atoms with Gasteiger partial charge in [0.2, 0.25) is 0 Å². The average molecular weight is 316 g/mol. The van der Waals surface area contributed by atoms with Crippen molar-refractivity contribution in [3.05, 3.63) is 71.8 Å². The van der Waals surface area contributed by atoms with E-state index in [1.807, 2.05) is 0 Å². The van der Waals surface area contributed by atoms with Crippen molar-refractivity contribution >= 4 is 22.8 Å². The smallest absolute Gasteiger partial charge is 0.113 e. The largest absolute Gasteiger partial charge is 0.172 e. The van der Waals surface area contributed by atoms with Crippen LogP contribution >= 0.6 is 11.7 Å². The zero-order valence-corrected chi connectivity index (χ0v) is 13.9. The van der Waals surface area contributed by atoms with Crippen LogP contribution in [-0.2, 0) is 0 Å². The van der Waals surface area contributed by atoms with E-state index in [1.165, 1.54) is 34.0 Å². The first-order valence-corrected chi connectivity index (χ1v) is 8.35. The van der Waals surface area contributed by atoms with Crippen molar-refractivity contribution in [3.63, 3.8) is 0 Å². The van der Waals surface area contributed by atoms with Gasteiger partial charge in [-0.25, -0.2) is 0 Å². The first-order chi connectivity index (χ1) is 11.2. The van der Waals surface area contributed by atoms with Crippen molar-refractivity contribution in [1.29, 1.82) is 0 Å². The van der Waals surface area contributed by atoms with Crippen LogP contribution in [0.2, 0.25) is 0 Å². The van der Waals surface area contributed by atoms with Crippen LogP contribution in [0.1, 0.15) is 11.1 Å². The minimum Gasteiger partial charge on any atom is -0.172 e. The van der Waals surface area contributed by atoms with E-state index in [9.17, 15) is 0 Å². The van der Waals surface area contributed by atoms with E-state index in [-0.39, 0.29) is 0 Å². The van der Waals surface area contributed by atoms with E-state index in [1.54, 1.807) is 0 Å². The number of benzene rings is 3. The molecule has 0 atom stereocenters. The Hall–Kier alpha value is -2.52. The molecule has 0 saturated heterocycles. The first kappa shape index (κ1) is 14.1. The molecular formula is C20H16N2S. The summed E-state index contributed by atoms with van der Waals surface area (Å²) in [5, 5.41) is 0. The summed E-state index contributed by atoms with van der Waals surface area (Å²) in [6, 6.07) is 21.4. The number of hydrogen-bond acceptors (Lipinski definition) is 3. The normalized spacial score (nSPS) is 11.0. The minimum atomic E-state index is 0.986. The first-order valence-electron chi connectivity index (χ1n) is 7.62. The Morgan fingerprint density at radius 3 is 1.57 bits per heavy atom. The average Bonchev–Trinajstić information content (AvgIpc) is 3.03. The molecule has 0 aliphatic rings. The van der Waals surface area contributed by atoms with E-state index in [0.717, 1.165) is 22.2 Å². The molecule has 0 spiro atoms. The third-order valence-electron chi connectivity index (χ3n) is 4.07. The Morgan fingerprint density at radius 1 is 0.652 bits per heavy atom. The van der Waals surface area contributed by atoms with Gasteiger partial charge < -0.3 is 0 Å². The van der Waals surface area contributed by atoms with Crippen molar-refractivity contribution in [2.75, 3.05) is 0 Å². The number of rotatable bonds is 2. The minimum absolute atomic E-state index is 0.986. The molecule has 112 valence electrons. The summed E-state index contributed by atoms with van der Waals surface area (Å²) in [6.45, 7) is 4.22. The Bertz CT molecular complexity index is 922. The molecule has 0 radical (unpaired) electrons. The van der Waals surface area contributed by atoms with Crippen LogP contribution in [0.5, 0.6) is 0 Å². The van der Waals surface area contributed by atoms with Gasteiger partial charge in [0.25, 0.3) is 0 Å². The molecule has 0 fully saturated rings. The van der Waals surface area contributed by atoms with Crippen molar-refractivity contribution in [3.8, 4) is 22.3 Å². The predicted molar refractivity (Wildman–Crippen MR) is 97.8 cm³/mol. The maximum atomic E-state index is 4.56. The SMILES string of the molecule is Cc1cccc(-c2ccc(-c3cccc(C)c3)c3nsnc23)c1. The number of fused-ring (bicyclic) bond motifs is 1. The highest BCUT2D eigenvalue weighted by Gasteiger charge is 2.13. The summed E-state index contributed by atoms with van der Waals surface area (Å²) in [5.41, 5.74) is 9.15. The maximum Gasteiger partial charge on any atom is 0.113 e. The lowest BCUT2D eigenvalue weighted by Gasteiger charge is -2.08. The van der Waals surface area contributed by atoms with Crippen LogP contribution < -0.4 is 0 Å². The quantitative estimate of drug-likeness (QED) is 0.478. The Labute approximate surface area is 139 Å². The molecule has 4 aromatic rings. The van der Waals surface area contributed by atoms with E-state index in [0.29, 0.717) is 0 Å². The van der Waals surface area contributed by atoms with Gasteiger partial charge in [-0.15, -0.1) is 0 Å². The summed E-state index contributed by atoms with van der Waals surface area (Å²) >= 11 is 1.28. The van der Waals surface area contributed by atoms with Crippen LogP contribution in [0.25, 0.3) is 33.3 Å². The van der Waals surface area contributed by atoms with Gasteiger partial charge in [-0.3, -0.25) is 0 Å². The summed E-state index contributed by atoms with van der Waals surface area (Å²) in [7, 11) is 0. The molecule has 1 heterocycles. The van der Waals surface area contributed by atoms with Crippen molar-refractivity contribution in [2.45, 2.75) is 13.8 Å². The summed E-state index contributed by atoms with van der Waals surface area (Å²) in [6.07, 6.45) is 0. The van der Waals surface area contributed by atoms with E-state index in [2.05, 4.69) is 83.3 Å². The van der Waals surface area contributed by atoms with E-state index < -0.39 is 0 Å². The van der Waals surface area contributed by atoms with Crippen LogP contribution in [-0.4, -0.2) is 8.75 Å². The van der Waals surface area contributed by atoms with Crippen LogP contribution in [0.15, 0.2) is 60.7 Å². The van der Waals surface area contributed by atoms with Gasteiger partial charge in [0.05, 0.1) is 11.7 Å². The standard InChI is InChI=1S/C20H16N2S/c1-13-5-3-7-15(11-13)17-9-10-18(20-19(17)21-23-22-20)16-8-4-6-14(2)12-16/h3-12H,1-2H3. The molecule has 3 aromatic carbocycles. The lowest BCUT2D eigenvalue weighted by Crippen LogP contribution is -1.86. The van der Waals surface area contributed by atoms with Gasteiger partial charge in [-0.1, -0.05) is 71.8 Å². The lowest BCUT2D eigenvalue weighted by atomic mass is 9.96. The molecule has 2 nitrogen and oxygen atoms in total. The van der Waals surface area contributed by atoms with Gasteiger partial charge in [-0.2, -0.15) is 8.75 Å². The van der Waals surface area contributed by atoms with Crippen molar-refractivity contribution in [2.24, 2.45) is 0 Å². The molecule has 1 aromatic heterocycles.